The van der Waals surface area contributed by atoms with Gasteiger partial charge in [-0.15, -0.1) is 0 Å². The number of benzene rings is 1. The summed E-state index contributed by atoms with van der Waals surface area (Å²) >= 11 is 11.2. The monoisotopic (exact) mass is 309 g/mol. The number of nitrogens with one attached hydrogen (secondary N) is 1. The van der Waals surface area contributed by atoms with Gasteiger partial charge in [0.25, 0.3) is 0 Å². The molecule has 0 bridgehead atoms. The zero-order valence-electron chi connectivity index (χ0n) is 11.4. The lowest BCUT2D eigenvalue weighted by Crippen LogP contribution is -2.41. The average Bonchev–Trinajstić information content (AvgIpc) is 2.82. The molecule has 2 saturated heterocycles. The van der Waals surface area contributed by atoms with Crippen molar-refractivity contribution >= 4 is 34.5 Å². The second kappa shape index (κ2) is 5.88. The molecular weight excluding hydrogens is 290 g/mol. The average molecular weight is 310 g/mol. The van der Waals surface area contributed by atoms with E-state index in [9.17, 15) is 0 Å². The Morgan fingerprint density at radius 1 is 1.30 bits per heavy atom. The third-order valence-corrected chi connectivity index (χ3v) is 4.90. The standard InChI is InChI=1S/C15H20ClN3S/c16-10-4-5-11(15(17)20)13(9-10)18-12-6-8-19-7-2-1-3-14(12)19/h4-5,9,12,14,18H,1-3,6-8H2,(H2,17,20). The fourth-order valence-electron chi connectivity index (χ4n) is 3.47. The second-order valence-corrected chi connectivity index (χ2v) is 6.57. The van der Waals surface area contributed by atoms with E-state index in [1.54, 1.807) is 0 Å². The Morgan fingerprint density at radius 2 is 2.15 bits per heavy atom. The van der Waals surface area contributed by atoms with Crippen LogP contribution >= 0.6 is 23.8 Å². The first kappa shape index (κ1) is 14.1. The Bertz CT molecular complexity index is 520. The Labute approximate surface area is 130 Å². The maximum atomic E-state index is 6.11. The summed E-state index contributed by atoms with van der Waals surface area (Å²) in [6.45, 7) is 2.42. The largest absolute Gasteiger partial charge is 0.389 e. The van der Waals surface area contributed by atoms with Gasteiger partial charge in [-0.3, -0.25) is 4.90 Å². The molecule has 0 aromatic heterocycles. The van der Waals surface area contributed by atoms with Gasteiger partial charge in [-0.2, -0.15) is 0 Å². The van der Waals surface area contributed by atoms with E-state index < -0.39 is 0 Å². The summed E-state index contributed by atoms with van der Waals surface area (Å²) in [5.41, 5.74) is 7.67. The lowest BCUT2D eigenvalue weighted by molar-refractivity contribution is 0.193. The molecule has 0 amide bonds. The van der Waals surface area contributed by atoms with Crippen LogP contribution in [-0.2, 0) is 0 Å². The van der Waals surface area contributed by atoms with Crippen LogP contribution in [0, 0.1) is 0 Å². The number of halogens is 1. The number of thiocarbonyl (C=S) groups is 1. The predicted octanol–water partition coefficient (Wildman–Crippen LogP) is 3.01. The van der Waals surface area contributed by atoms with Gasteiger partial charge in [-0.1, -0.05) is 30.2 Å². The van der Waals surface area contributed by atoms with Crippen molar-refractivity contribution in [3.8, 4) is 0 Å². The maximum absolute atomic E-state index is 6.11. The molecule has 2 fully saturated rings. The van der Waals surface area contributed by atoms with Gasteiger partial charge in [0.05, 0.1) is 0 Å². The molecule has 2 atom stereocenters. The van der Waals surface area contributed by atoms with Gasteiger partial charge in [0.15, 0.2) is 0 Å². The lowest BCUT2D eigenvalue weighted by atomic mass is 9.98. The number of anilines is 1. The van der Waals surface area contributed by atoms with Gasteiger partial charge < -0.3 is 11.1 Å². The van der Waals surface area contributed by atoms with Crippen molar-refractivity contribution in [2.45, 2.75) is 37.8 Å². The van der Waals surface area contributed by atoms with Crippen LogP contribution in [0.1, 0.15) is 31.2 Å². The van der Waals surface area contributed by atoms with Gasteiger partial charge in [-0.05, 0) is 44.0 Å². The molecule has 5 heteroatoms. The van der Waals surface area contributed by atoms with Crippen LogP contribution in [0.3, 0.4) is 0 Å². The van der Waals surface area contributed by atoms with Crippen molar-refractivity contribution in [3.63, 3.8) is 0 Å². The summed E-state index contributed by atoms with van der Waals surface area (Å²) in [7, 11) is 0. The molecule has 2 heterocycles. The molecule has 2 aliphatic rings. The van der Waals surface area contributed by atoms with E-state index in [1.807, 2.05) is 18.2 Å². The molecule has 1 aromatic carbocycles. The van der Waals surface area contributed by atoms with E-state index in [0.717, 1.165) is 11.3 Å². The van der Waals surface area contributed by atoms with Crippen molar-refractivity contribution in [1.82, 2.24) is 4.90 Å². The zero-order chi connectivity index (χ0) is 14.1. The number of nitrogens with two attached hydrogens (primary N) is 1. The first-order valence-electron chi connectivity index (χ1n) is 7.25. The van der Waals surface area contributed by atoms with Crippen LogP contribution in [0.5, 0.6) is 0 Å². The second-order valence-electron chi connectivity index (χ2n) is 5.69. The maximum Gasteiger partial charge on any atom is 0.106 e. The molecule has 3 rings (SSSR count). The summed E-state index contributed by atoms with van der Waals surface area (Å²) in [6, 6.07) is 6.79. The van der Waals surface area contributed by atoms with Gasteiger partial charge in [-0.25, -0.2) is 0 Å². The Hall–Kier alpha value is -0.840. The molecule has 0 saturated carbocycles. The highest BCUT2D eigenvalue weighted by Gasteiger charge is 2.35. The van der Waals surface area contributed by atoms with Crippen LogP contribution in [0.2, 0.25) is 5.02 Å². The van der Waals surface area contributed by atoms with E-state index in [-0.39, 0.29) is 0 Å². The van der Waals surface area contributed by atoms with Crippen molar-refractivity contribution in [2.75, 3.05) is 18.4 Å². The minimum Gasteiger partial charge on any atom is -0.389 e. The first-order valence-corrected chi connectivity index (χ1v) is 8.04. The summed E-state index contributed by atoms with van der Waals surface area (Å²) in [6.07, 6.45) is 5.12. The topological polar surface area (TPSA) is 41.3 Å². The number of hydrogen-bond acceptors (Lipinski definition) is 3. The Morgan fingerprint density at radius 3 is 2.95 bits per heavy atom. The highest BCUT2D eigenvalue weighted by molar-refractivity contribution is 7.80. The highest BCUT2D eigenvalue weighted by atomic mass is 35.5. The first-order chi connectivity index (χ1) is 9.65. The molecule has 108 valence electrons. The minimum absolute atomic E-state index is 0.419. The predicted molar refractivity (Wildman–Crippen MR) is 88.6 cm³/mol. The van der Waals surface area contributed by atoms with Crippen LogP contribution in [-0.4, -0.2) is 35.1 Å². The quantitative estimate of drug-likeness (QED) is 0.842. The molecule has 1 aromatic rings. The zero-order valence-corrected chi connectivity index (χ0v) is 13.0. The normalized spacial score (nSPS) is 26.2. The van der Waals surface area contributed by atoms with Crippen molar-refractivity contribution in [3.05, 3.63) is 28.8 Å². The summed E-state index contributed by atoms with van der Waals surface area (Å²) in [4.78, 5) is 3.02. The van der Waals surface area contributed by atoms with Crippen LogP contribution in [0.4, 0.5) is 5.69 Å². The van der Waals surface area contributed by atoms with Gasteiger partial charge in [0, 0.05) is 34.9 Å². The minimum atomic E-state index is 0.419. The number of hydrogen-bond donors (Lipinski definition) is 2. The van der Waals surface area contributed by atoms with E-state index in [0.29, 0.717) is 22.1 Å². The van der Waals surface area contributed by atoms with E-state index in [2.05, 4.69) is 10.2 Å². The van der Waals surface area contributed by atoms with Gasteiger partial charge >= 0.3 is 0 Å². The third-order valence-electron chi connectivity index (χ3n) is 4.44. The van der Waals surface area contributed by atoms with Gasteiger partial charge in [0.2, 0.25) is 0 Å². The third kappa shape index (κ3) is 2.78. The molecule has 2 aliphatic heterocycles. The molecule has 0 radical (unpaired) electrons. The number of piperidine rings is 1. The van der Waals surface area contributed by atoms with E-state index >= 15 is 0 Å². The fourth-order valence-corrected chi connectivity index (χ4v) is 3.82. The Kier molecular flexibility index (Phi) is 4.15. The van der Waals surface area contributed by atoms with E-state index in [1.165, 1.54) is 38.8 Å². The van der Waals surface area contributed by atoms with Crippen LogP contribution in [0.25, 0.3) is 0 Å². The molecule has 2 unspecified atom stereocenters. The molecule has 0 spiro atoms. The smallest absolute Gasteiger partial charge is 0.106 e. The number of nitrogens with zero attached hydrogens (tertiary/aromatic N) is 1. The van der Waals surface area contributed by atoms with Crippen LogP contribution < -0.4 is 11.1 Å². The number of rotatable bonds is 3. The highest BCUT2D eigenvalue weighted by Crippen LogP contribution is 2.31. The molecular formula is C15H20ClN3S. The summed E-state index contributed by atoms with van der Waals surface area (Å²) < 4.78 is 0. The molecule has 20 heavy (non-hydrogen) atoms. The summed E-state index contributed by atoms with van der Waals surface area (Å²) in [5.74, 6) is 0. The Balaban J connectivity index is 1.80. The molecule has 3 nitrogen and oxygen atoms in total. The molecule has 3 N–H and O–H groups in total. The van der Waals surface area contributed by atoms with Crippen molar-refractivity contribution in [2.24, 2.45) is 5.73 Å². The van der Waals surface area contributed by atoms with E-state index in [4.69, 9.17) is 29.6 Å². The SMILES string of the molecule is NC(=S)c1ccc(Cl)cc1NC1CCN2CCCCC12. The van der Waals surface area contributed by atoms with Crippen molar-refractivity contribution in [1.29, 1.82) is 0 Å². The van der Waals surface area contributed by atoms with Gasteiger partial charge in [0.1, 0.15) is 4.99 Å². The summed E-state index contributed by atoms with van der Waals surface area (Å²) in [5, 5.41) is 4.35. The van der Waals surface area contributed by atoms with Crippen LogP contribution in [0.15, 0.2) is 18.2 Å². The number of fused-ring (bicyclic) bond motifs is 1. The fraction of sp³-hybridized carbons (Fsp3) is 0.533. The lowest BCUT2D eigenvalue weighted by Gasteiger charge is -2.33. The van der Waals surface area contributed by atoms with Crippen molar-refractivity contribution < 1.29 is 0 Å². The molecule has 0 aliphatic carbocycles.